The lowest BCUT2D eigenvalue weighted by Gasteiger charge is -2.32. The maximum absolute atomic E-state index is 12.7. The molecule has 2 fully saturated rings. The average molecular weight is 441 g/mol. The molecule has 0 unspecified atom stereocenters. The lowest BCUT2D eigenvalue weighted by atomic mass is 9.96. The van der Waals surface area contributed by atoms with Crippen LogP contribution < -0.4 is 5.32 Å². The van der Waals surface area contributed by atoms with E-state index in [-0.39, 0.29) is 23.6 Å². The van der Waals surface area contributed by atoms with Gasteiger partial charge in [0, 0.05) is 50.0 Å². The number of aromatic nitrogens is 1. The van der Waals surface area contributed by atoms with Crippen LogP contribution in [0.3, 0.4) is 0 Å². The van der Waals surface area contributed by atoms with Crippen LogP contribution in [0.4, 0.5) is 0 Å². The molecule has 2 aromatic rings. The summed E-state index contributed by atoms with van der Waals surface area (Å²) in [6.07, 6.45) is 3.30. The van der Waals surface area contributed by atoms with Gasteiger partial charge in [-0.1, -0.05) is 30.3 Å². The summed E-state index contributed by atoms with van der Waals surface area (Å²) in [7, 11) is 0. The van der Waals surface area contributed by atoms with E-state index in [0.29, 0.717) is 45.4 Å². The predicted molar refractivity (Wildman–Crippen MR) is 119 cm³/mol. The molecule has 164 valence electrons. The minimum Gasteiger partial charge on any atom is -0.350 e. The van der Waals surface area contributed by atoms with Gasteiger partial charge in [-0.05, 0) is 19.3 Å². The number of piperidine rings is 1. The van der Waals surface area contributed by atoms with Gasteiger partial charge in [0.1, 0.15) is 5.01 Å². The van der Waals surface area contributed by atoms with Crippen LogP contribution in [-0.2, 0) is 20.9 Å². The number of thiazole rings is 1. The van der Waals surface area contributed by atoms with Crippen LogP contribution in [0.15, 0.2) is 35.7 Å². The summed E-state index contributed by atoms with van der Waals surface area (Å²) in [6, 6.07) is 9.99. The van der Waals surface area contributed by atoms with Crippen molar-refractivity contribution < 1.29 is 14.4 Å². The minimum absolute atomic E-state index is 0.0264. The van der Waals surface area contributed by atoms with E-state index in [1.54, 1.807) is 16.2 Å². The summed E-state index contributed by atoms with van der Waals surface area (Å²) in [5.74, 6) is 0.0864. The van der Waals surface area contributed by atoms with Crippen LogP contribution in [-0.4, -0.2) is 58.7 Å². The molecule has 31 heavy (non-hydrogen) atoms. The first kappa shape index (κ1) is 21.5. The second-order valence-electron chi connectivity index (χ2n) is 8.14. The fourth-order valence-corrected chi connectivity index (χ4v) is 4.99. The van der Waals surface area contributed by atoms with E-state index in [1.165, 1.54) is 0 Å². The molecule has 4 rings (SSSR count). The van der Waals surface area contributed by atoms with Gasteiger partial charge in [-0.2, -0.15) is 0 Å². The van der Waals surface area contributed by atoms with Crippen LogP contribution in [0.5, 0.6) is 0 Å². The molecule has 0 bridgehead atoms. The topological polar surface area (TPSA) is 82.6 Å². The largest absolute Gasteiger partial charge is 0.350 e. The zero-order valence-electron chi connectivity index (χ0n) is 17.6. The third-order valence-corrected chi connectivity index (χ3v) is 6.85. The number of carbonyl (C=O) groups is 3. The average Bonchev–Trinajstić information content (AvgIpc) is 3.43. The first-order valence-electron chi connectivity index (χ1n) is 10.9. The molecular weight excluding hydrogens is 412 g/mol. The van der Waals surface area contributed by atoms with Crippen molar-refractivity contribution >= 4 is 29.1 Å². The van der Waals surface area contributed by atoms with Gasteiger partial charge in [-0.25, -0.2) is 4.98 Å². The maximum atomic E-state index is 12.7. The van der Waals surface area contributed by atoms with E-state index >= 15 is 0 Å². The molecule has 7 nitrogen and oxygen atoms in total. The second kappa shape index (κ2) is 10.0. The molecule has 0 radical (unpaired) electrons. The van der Waals surface area contributed by atoms with Crippen molar-refractivity contribution in [3.8, 4) is 10.6 Å². The highest BCUT2D eigenvalue weighted by molar-refractivity contribution is 7.13. The maximum Gasteiger partial charge on any atom is 0.225 e. The number of nitrogens with one attached hydrogen (secondary N) is 1. The van der Waals surface area contributed by atoms with Crippen LogP contribution >= 0.6 is 11.3 Å². The minimum atomic E-state index is -0.196. The van der Waals surface area contributed by atoms with Gasteiger partial charge in [0.15, 0.2) is 0 Å². The first-order valence-corrected chi connectivity index (χ1v) is 11.8. The van der Waals surface area contributed by atoms with Crippen molar-refractivity contribution in [2.24, 2.45) is 5.92 Å². The molecule has 1 aromatic carbocycles. The van der Waals surface area contributed by atoms with Crippen molar-refractivity contribution in [3.63, 3.8) is 0 Å². The van der Waals surface area contributed by atoms with Crippen molar-refractivity contribution in [2.75, 3.05) is 26.2 Å². The number of hydrogen-bond donors (Lipinski definition) is 1. The van der Waals surface area contributed by atoms with Gasteiger partial charge in [0.05, 0.1) is 18.2 Å². The van der Waals surface area contributed by atoms with E-state index < -0.39 is 0 Å². The van der Waals surface area contributed by atoms with Gasteiger partial charge >= 0.3 is 0 Å². The normalized spacial score (nSPS) is 19.2. The van der Waals surface area contributed by atoms with E-state index in [9.17, 15) is 14.4 Å². The molecular formula is C23H28N4O3S. The molecule has 2 aliphatic heterocycles. The second-order valence-corrected chi connectivity index (χ2v) is 9.00. The number of nitrogens with zero attached hydrogens (tertiary/aromatic N) is 3. The lowest BCUT2D eigenvalue weighted by Crippen LogP contribution is -2.46. The molecule has 3 amide bonds. The number of carbonyl (C=O) groups excluding carboxylic acids is 3. The van der Waals surface area contributed by atoms with Gasteiger partial charge in [0.2, 0.25) is 17.7 Å². The monoisotopic (exact) mass is 440 g/mol. The molecule has 3 heterocycles. The third kappa shape index (κ3) is 5.50. The zero-order chi connectivity index (χ0) is 21.6. The molecule has 8 heteroatoms. The summed E-state index contributed by atoms with van der Waals surface area (Å²) in [5.41, 5.74) is 1.92. The third-order valence-electron chi connectivity index (χ3n) is 5.91. The van der Waals surface area contributed by atoms with E-state index in [1.807, 2.05) is 40.6 Å². The molecule has 2 saturated heterocycles. The lowest BCUT2D eigenvalue weighted by molar-refractivity contribution is -0.138. The molecule has 1 aromatic heterocycles. The van der Waals surface area contributed by atoms with Crippen LogP contribution in [0.2, 0.25) is 0 Å². The summed E-state index contributed by atoms with van der Waals surface area (Å²) in [5, 5.41) is 5.90. The molecule has 1 N–H and O–H groups in total. The summed E-state index contributed by atoms with van der Waals surface area (Å²) < 4.78 is 0. The molecule has 0 saturated carbocycles. The highest BCUT2D eigenvalue weighted by Crippen LogP contribution is 2.23. The fourth-order valence-electron chi connectivity index (χ4n) is 4.16. The Morgan fingerprint density at radius 1 is 1.10 bits per heavy atom. The van der Waals surface area contributed by atoms with Gasteiger partial charge < -0.3 is 15.1 Å². The Bertz CT molecular complexity index is 930. The fraction of sp³-hybridized carbons (Fsp3) is 0.478. The number of amides is 3. The van der Waals surface area contributed by atoms with E-state index in [0.717, 1.165) is 35.7 Å². The van der Waals surface area contributed by atoms with E-state index in [4.69, 9.17) is 0 Å². The van der Waals surface area contributed by atoms with Gasteiger partial charge in [0.25, 0.3) is 0 Å². The number of hydrogen-bond acceptors (Lipinski definition) is 5. The molecule has 0 spiro atoms. The number of rotatable bonds is 8. The Morgan fingerprint density at radius 3 is 2.65 bits per heavy atom. The van der Waals surface area contributed by atoms with Crippen LogP contribution in [0.25, 0.3) is 10.6 Å². The van der Waals surface area contributed by atoms with Gasteiger partial charge in [-0.3, -0.25) is 14.4 Å². The Balaban J connectivity index is 1.24. The summed E-state index contributed by atoms with van der Waals surface area (Å²) >= 11 is 1.57. The van der Waals surface area contributed by atoms with E-state index in [2.05, 4.69) is 10.3 Å². The van der Waals surface area contributed by atoms with Gasteiger partial charge in [-0.15, -0.1) is 11.3 Å². The van der Waals surface area contributed by atoms with Crippen molar-refractivity contribution in [1.29, 1.82) is 0 Å². The Kier molecular flexibility index (Phi) is 6.96. The number of benzene rings is 1. The van der Waals surface area contributed by atoms with Crippen LogP contribution in [0.1, 0.15) is 37.8 Å². The summed E-state index contributed by atoms with van der Waals surface area (Å²) in [6.45, 7) is 2.95. The standard InChI is InChI=1S/C23H28N4O3S/c28-20-8-4-11-26(20)12-5-13-27-15-18(9-10-21(27)29)22(30)24-14-19-16-31-23(25-19)17-6-2-1-3-7-17/h1-3,6-7,16,18H,4-5,8-15H2,(H,24,30)/t18-/m1/s1. The quantitative estimate of drug-likeness (QED) is 0.684. The Hall–Kier alpha value is -2.74. The Labute approximate surface area is 186 Å². The van der Waals surface area contributed by atoms with Crippen molar-refractivity contribution in [3.05, 3.63) is 41.4 Å². The molecule has 2 aliphatic rings. The smallest absolute Gasteiger partial charge is 0.225 e. The van der Waals surface area contributed by atoms with Crippen molar-refractivity contribution in [1.82, 2.24) is 20.1 Å². The Morgan fingerprint density at radius 2 is 1.87 bits per heavy atom. The molecule has 1 atom stereocenters. The van der Waals surface area contributed by atoms with Crippen molar-refractivity contribution in [2.45, 2.75) is 38.6 Å². The highest BCUT2D eigenvalue weighted by Gasteiger charge is 2.30. The SMILES string of the molecule is O=C(NCc1csc(-c2ccccc2)n1)[C@@H]1CCC(=O)N(CCCN2CCCC2=O)C1. The molecule has 0 aliphatic carbocycles. The summed E-state index contributed by atoms with van der Waals surface area (Å²) in [4.78, 5) is 45.0. The van der Waals surface area contributed by atoms with Crippen LogP contribution in [0, 0.1) is 5.92 Å². The number of likely N-dealkylation sites (tertiary alicyclic amines) is 2. The zero-order valence-corrected chi connectivity index (χ0v) is 18.4. The first-order chi connectivity index (χ1) is 15.1. The highest BCUT2D eigenvalue weighted by atomic mass is 32.1. The predicted octanol–water partition coefficient (Wildman–Crippen LogP) is 2.68.